The van der Waals surface area contributed by atoms with Crippen molar-refractivity contribution in [3.63, 3.8) is 0 Å². The van der Waals surface area contributed by atoms with Gasteiger partial charge in [-0.1, -0.05) is 23.7 Å². The van der Waals surface area contributed by atoms with Crippen molar-refractivity contribution >= 4 is 29.1 Å². The van der Waals surface area contributed by atoms with Crippen LogP contribution in [0.5, 0.6) is 0 Å². The molecule has 160 valence electrons. The Kier molecular flexibility index (Phi) is 5.09. The summed E-state index contributed by atoms with van der Waals surface area (Å²) >= 11 is 6.08. The fourth-order valence-electron chi connectivity index (χ4n) is 2.87. The minimum absolute atomic E-state index is 0.0614. The van der Waals surface area contributed by atoms with Gasteiger partial charge in [0.15, 0.2) is 11.3 Å². The second kappa shape index (κ2) is 7.61. The van der Waals surface area contributed by atoms with Gasteiger partial charge in [0.05, 0.1) is 6.54 Å². The maximum Gasteiger partial charge on any atom is 0.433 e. The maximum atomic E-state index is 13.3. The van der Waals surface area contributed by atoms with Gasteiger partial charge in [0.2, 0.25) is 5.95 Å². The zero-order chi connectivity index (χ0) is 22.3. The predicted molar refractivity (Wildman–Crippen MR) is 101 cm³/mol. The summed E-state index contributed by atoms with van der Waals surface area (Å²) in [5.41, 5.74) is -1.21. The predicted octanol–water partition coefficient (Wildman–Crippen LogP) is 3.74. The molecule has 0 bridgehead atoms. The Hall–Kier alpha value is -3.54. The standard InChI is InChI=1S/C18H12ClF4N7O/c1-9-5-12(18(21,22)23)30-15(25-9)13(19)14(27-30)16(31)26-17-24-8-29(28-17)7-10-3-2-4-11(20)6-10/h2-6,8H,7H2,1H3,(H,26,28,31). The van der Waals surface area contributed by atoms with E-state index >= 15 is 0 Å². The van der Waals surface area contributed by atoms with E-state index in [1.807, 2.05) is 0 Å². The molecule has 0 radical (unpaired) electrons. The molecule has 0 saturated carbocycles. The van der Waals surface area contributed by atoms with Crippen molar-refractivity contribution in [3.05, 3.63) is 70.1 Å². The highest BCUT2D eigenvalue weighted by Crippen LogP contribution is 2.32. The summed E-state index contributed by atoms with van der Waals surface area (Å²) in [5, 5.41) is 9.70. The van der Waals surface area contributed by atoms with E-state index in [0.717, 1.165) is 6.07 Å². The summed E-state index contributed by atoms with van der Waals surface area (Å²) in [4.78, 5) is 20.4. The first-order valence-electron chi connectivity index (χ1n) is 8.70. The molecule has 8 nitrogen and oxygen atoms in total. The number of rotatable bonds is 4. The first-order valence-corrected chi connectivity index (χ1v) is 9.08. The molecule has 13 heteroatoms. The topological polar surface area (TPSA) is 90.0 Å². The summed E-state index contributed by atoms with van der Waals surface area (Å²) in [5.74, 6) is -1.45. The van der Waals surface area contributed by atoms with Crippen molar-refractivity contribution in [2.75, 3.05) is 5.32 Å². The normalized spacial score (nSPS) is 11.8. The van der Waals surface area contributed by atoms with Crippen LogP contribution in [-0.2, 0) is 12.7 Å². The number of benzene rings is 1. The number of halogens is 5. The lowest BCUT2D eigenvalue weighted by molar-refractivity contribution is -0.142. The van der Waals surface area contributed by atoms with Crippen LogP contribution in [0, 0.1) is 12.7 Å². The molecule has 0 aliphatic heterocycles. The molecule has 1 aromatic carbocycles. The van der Waals surface area contributed by atoms with Gasteiger partial charge in [0, 0.05) is 5.69 Å². The molecule has 0 aliphatic carbocycles. The average Bonchev–Trinajstić information content (AvgIpc) is 3.25. The Bertz CT molecular complexity index is 1300. The summed E-state index contributed by atoms with van der Waals surface area (Å²) in [6, 6.07) is 6.65. The highest BCUT2D eigenvalue weighted by molar-refractivity contribution is 6.37. The monoisotopic (exact) mass is 453 g/mol. The van der Waals surface area contributed by atoms with Crippen LogP contribution in [0.3, 0.4) is 0 Å². The lowest BCUT2D eigenvalue weighted by Gasteiger charge is -2.09. The summed E-state index contributed by atoms with van der Waals surface area (Å²) < 4.78 is 55.1. The van der Waals surface area contributed by atoms with Crippen LogP contribution < -0.4 is 5.32 Å². The molecule has 3 heterocycles. The first-order chi connectivity index (χ1) is 14.6. The van der Waals surface area contributed by atoms with Crippen LogP contribution in [0.1, 0.15) is 27.4 Å². The van der Waals surface area contributed by atoms with Gasteiger partial charge >= 0.3 is 6.18 Å². The molecular formula is C18H12ClF4N7O. The molecule has 0 saturated heterocycles. The van der Waals surface area contributed by atoms with Crippen molar-refractivity contribution in [1.82, 2.24) is 29.4 Å². The van der Waals surface area contributed by atoms with Gasteiger partial charge in [0.25, 0.3) is 5.91 Å². The minimum Gasteiger partial charge on any atom is -0.288 e. The molecule has 0 atom stereocenters. The number of hydrogen-bond acceptors (Lipinski definition) is 5. The third-order valence-electron chi connectivity index (χ3n) is 4.16. The zero-order valence-electron chi connectivity index (χ0n) is 15.7. The van der Waals surface area contributed by atoms with E-state index in [-0.39, 0.29) is 28.9 Å². The van der Waals surface area contributed by atoms with Crippen LogP contribution >= 0.6 is 11.6 Å². The van der Waals surface area contributed by atoms with E-state index in [0.29, 0.717) is 10.1 Å². The summed E-state index contributed by atoms with van der Waals surface area (Å²) in [7, 11) is 0. The SMILES string of the molecule is Cc1cc(C(F)(F)F)n2nc(C(=O)Nc3ncn(Cc4cccc(F)c4)n3)c(Cl)c2n1. The van der Waals surface area contributed by atoms with E-state index in [9.17, 15) is 22.4 Å². The van der Waals surface area contributed by atoms with Gasteiger partial charge in [-0.2, -0.15) is 18.3 Å². The molecule has 0 spiro atoms. The fourth-order valence-corrected chi connectivity index (χ4v) is 3.12. The minimum atomic E-state index is -4.73. The van der Waals surface area contributed by atoms with Crippen LogP contribution in [0.4, 0.5) is 23.5 Å². The molecular weight excluding hydrogens is 442 g/mol. The number of nitrogens with one attached hydrogen (secondary N) is 1. The molecule has 0 unspecified atom stereocenters. The second-order valence-electron chi connectivity index (χ2n) is 6.53. The molecule has 1 amide bonds. The Morgan fingerprint density at radius 3 is 2.71 bits per heavy atom. The largest absolute Gasteiger partial charge is 0.433 e. The second-order valence-corrected chi connectivity index (χ2v) is 6.91. The zero-order valence-corrected chi connectivity index (χ0v) is 16.4. The third-order valence-corrected chi connectivity index (χ3v) is 4.51. The number of anilines is 1. The van der Waals surface area contributed by atoms with Gasteiger partial charge < -0.3 is 0 Å². The number of aryl methyl sites for hydroxylation is 1. The Morgan fingerprint density at radius 1 is 1.23 bits per heavy atom. The van der Waals surface area contributed by atoms with Crippen molar-refractivity contribution in [1.29, 1.82) is 0 Å². The number of carbonyl (C=O) groups is 1. The van der Waals surface area contributed by atoms with Crippen molar-refractivity contribution in [2.24, 2.45) is 0 Å². The molecule has 3 aromatic heterocycles. The van der Waals surface area contributed by atoms with Crippen molar-refractivity contribution in [3.8, 4) is 0 Å². The quantitative estimate of drug-likeness (QED) is 0.475. The highest BCUT2D eigenvalue weighted by atomic mass is 35.5. The Morgan fingerprint density at radius 2 is 2.00 bits per heavy atom. The van der Waals surface area contributed by atoms with Crippen molar-refractivity contribution in [2.45, 2.75) is 19.6 Å². The van der Waals surface area contributed by atoms with E-state index in [2.05, 4.69) is 25.5 Å². The lowest BCUT2D eigenvalue weighted by atomic mass is 10.2. The lowest BCUT2D eigenvalue weighted by Crippen LogP contribution is -2.16. The number of carbonyl (C=O) groups excluding carboxylic acids is 1. The van der Waals surface area contributed by atoms with Crippen LogP contribution in [0.25, 0.3) is 5.65 Å². The van der Waals surface area contributed by atoms with E-state index in [1.54, 1.807) is 12.1 Å². The Balaban J connectivity index is 1.59. The molecule has 4 rings (SSSR count). The Labute approximate surface area is 176 Å². The van der Waals surface area contributed by atoms with Crippen molar-refractivity contribution < 1.29 is 22.4 Å². The number of fused-ring (bicyclic) bond motifs is 1. The molecule has 4 aromatic rings. The number of amides is 1. The molecule has 1 N–H and O–H groups in total. The molecule has 31 heavy (non-hydrogen) atoms. The van der Waals surface area contributed by atoms with Gasteiger partial charge in [-0.05, 0) is 30.7 Å². The number of nitrogens with zero attached hydrogens (tertiary/aromatic N) is 6. The molecule has 0 aliphatic rings. The molecule has 0 fully saturated rings. The average molecular weight is 454 g/mol. The van der Waals surface area contributed by atoms with E-state index in [1.165, 1.54) is 30.1 Å². The smallest absolute Gasteiger partial charge is 0.288 e. The van der Waals surface area contributed by atoms with Gasteiger partial charge in [0.1, 0.15) is 22.9 Å². The maximum absolute atomic E-state index is 13.3. The summed E-state index contributed by atoms with van der Waals surface area (Å²) in [6.45, 7) is 1.56. The first kappa shape index (κ1) is 20.7. The van der Waals surface area contributed by atoms with E-state index in [4.69, 9.17) is 11.6 Å². The summed E-state index contributed by atoms with van der Waals surface area (Å²) in [6.07, 6.45) is -3.43. The number of aromatic nitrogens is 6. The van der Waals surface area contributed by atoms with Gasteiger partial charge in [-0.25, -0.2) is 23.6 Å². The third kappa shape index (κ3) is 4.19. The van der Waals surface area contributed by atoms with Crippen LogP contribution in [0.2, 0.25) is 5.02 Å². The van der Waals surface area contributed by atoms with Crippen LogP contribution in [0.15, 0.2) is 36.7 Å². The fraction of sp³-hybridized carbons (Fsp3) is 0.167. The van der Waals surface area contributed by atoms with Gasteiger partial charge in [-0.3, -0.25) is 10.1 Å². The highest BCUT2D eigenvalue weighted by Gasteiger charge is 2.36. The number of alkyl halides is 3. The van der Waals surface area contributed by atoms with Crippen LogP contribution in [-0.4, -0.2) is 35.3 Å². The number of hydrogen-bond donors (Lipinski definition) is 1. The van der Waals surface area contributed by atoms with Gasteiger partial charge in [-0.15, -0.1) is 5.10 Å². The van der Waals surface area contributed by atoms with E-state index < -0.39 is 29.3 Å².